The van der Waals surface area contributed by atoms with Gasteiger partial charge in [-0.05, 0) is 52.9 Å². The zero-order chi connectivity index (χ0) is 17.6. The highest BCUT2D eigenvalue weighted by atomic mass is 127. The molecule has 0 aromatic heterocycles. The lowest BCUT2D eigenvalue weighted by Crippen LogP contribution is -2.44. The van der Waals surface area contributed by atoms with Crippen LogP contribution in [0.5, 0.6) is 0 Å². The summed E-state index contributed by atoms with van der Waals surface area (Å²) < 4.78 is 5.32. The molecule has 25 heavy (non-hydrogen) atoms. The van der Waals surface area contributed by atoms with Crippen LogP contribution in [0.1, 0.15) is 52.9 Å². The molecule has 1 heterocycles. The Bertz CT molecular complexity index is 500. The summed E-state index contributed by atoms with van der Waals surface area (Å²) in [4.78, 5) is 18.5. The van der Waals surface area contributed by atoms with E-state index in [1.54, 1.807) is 5.57 Å². The molecule has 0 aromatic carbocycles. The second-order valence-electron chi connectivity index (χ2n) is 7.56. The van der Waals surface area contributed by atoms with Crippen molar-refractivity contribution in [3.05, 3.63) is 11.6 Å². The number of halogens is 1. The lowest BCUT2D eigenvalue weighted by molar-refractivity contribution is 0.0507. The van der Waals surface area contributed by atoms with Gasteiger partial charge in [-0.1, -0.05) is 11.6 Å². The normalized spacial score (nSPS) is 20.8. The number of alkyl carbamates (subject to hydrolysis) is 1. The van der Waals surface area contributed by atoms with E-state index in [2.05, 4.69) is 26.6 Å². The standard InChI is InChI=1S/C18H32N4O2.HI/c1-18(2,3)24-17(23)21-15-10-12-22(13-15)16(19-4)20-11-9-14-7-5-6-8-14;/h7,15H,5-6,8-13H2,1-4H3,(H,19,20)(H,21,23);1H/t15-;/m1./s1. The summed E-state index contributed by atoms with van der Waals surface area (Å²) in [5.74, 6) is 0.919. The van der Waals surface area contributed by atoms with Gasteiger partial charge in [-0.2, -0.15) is 0 Å². The van der Waals surface area contributed by atoms with Crippen LogP contribution in [0.3, 0.4) is 0 Å². The van der Waals surface area contributed by atoms with Crippen LogP contribution >= 0.6 is 24.0 Å². The topological polar surface area (TPSA) is 66.0 Å². The molecule has 0 saturated carbocycles. The zero-order valence-corrected chi connectivity index (χ0v) is 18.3. The van der Waals surface area contributed by atoms with E-state index in [-0.39, 0.29) is 36.1 Å². The molecule has 0 aromatic rings. The molecule has 0 bridgehead atoms. The Morgan fingerprint density at radius 3 is 2.80 bits per heavy atom. The van der Waals surface area contributed by atoms with Crippen LogP contribution in [-0.2, 0) is 4.74 Å². The average Bonchev–Trinajstić information content (AvgIpc) is 3.13. The maximum Gasteiger partial charge on any atom is 0.407 e. The maximum absolute atomic E-state index is 11.9. The summed E-state index contributed by atoms with van der Waals surface area (Å²) >= 11 is 0. The van der Waals surface area contributed by atoms with Crippen LogP contribution in [0.2, 0.25) is 0 Å². The number of aliphatic imine (C=N–C) groups is 1. The molecule has 144 valence electrons. The summed E-state index contributed by atoms with van der Waals surface area (Å²) in [6.45, 7) is 8.20. The van der Waals surface area contributed by atoms with Crippen molar-refractivity contribution in [2.24, 2.45) is 4.99 Å². The Hall–Kier alpha value is -0.990. The van der Waals surface area contributed by atoms with E-state index in [9.17, 15) is 4.79 Å². The third-order valence-electron chi connectivity index (χ3n) is 4.28. The number of amides is 1. The number of guanidine groups is 1. The van der Waals surface area contributed by atoms with Crippen molar-refractivity contribution in [2.45, 2.75) is 64.5 Å². The van der Waals surface area contributed by atoms with E-state index in [0.29, 0.717) is 0 Å². The summed E-state index contributed by atoms with van der Waals surface area (Å²) in [7, 11) is 1.81. The Kier molecular flexibility index (Phi) is 9.02. The predicted octanol–water partition coefficient (Wildman–Crippen LogP) is 3.28. The Morgan fingerprint density at radius 2 is 2.20 bits per heavy atom. The van der Waals surface area contributed by atoms with E-state index in [1.807, 2.05) is 27.8 Å². The molecule has 6 nitrogen and oxygen atoms in total. The molecular formula is C18H33IN4O2. The molecule has 1 amide bonds. The SMILES string of the molecule is CN=C(NCCC1=CCCC1)N1CC[C@@H](NC(=O)OC(C)(C)C)C1.I. The molecule has 2 rings (SSSR count). The number of rotatable bonds is 4. The molecule has 0 spiro atoms. The molecule has 0 unspecified atom stereocenters. The molecule has 1 aliphatic carbocycles. The van der Waals surface area contributed by atoms with Gasteiger partial charge in [0.2, 0.25) is 0 Å². The summed E-state index contributed by atoms with van der Waals surface area (Å²) in [5.41, 5.74) is 1.10. The van der Waals surface area contributed by atoms with E-state index in [1.165, 1.54) is 19.3 Å². The smallest absolute Gasteiger partial charge is 0.407 e. The first-order valence-electron chi connectivity index (χ1n) is 9.00. The van der Waals surface area contributed by atoms with Gasteiger partial charge in [-0.3, -0.25) is 4.99 Å². The number of nitrogens with one attached hydrogen (secondary N) is 2. The third-order valence-corrected chi connectivity index (χ3v) is 4.28. The summed E-state index contributed by atoms with van der Waals surface area (Å²) in [5, 5.41) is 6.39. The van der Waals surface area contributed by atoms with Gasteiger partial charge in [-0.25, -0.2) is 4.79 Å². The van der Waals surface area contributed by atoms with Crippen molar-refractivity contribution in [1.29, 1.82) is 0 Å². The van der Waals surface area contributed by atoms with Gasteiger partial charge in [0.25, 0.3) is 0 Å². The van der Waals surface area contributed by atoms with Gasteiger partial charge in [-0.15, -0.1) is 24.0 Å². The van der Waals surface area contributed by atoms with E-state index in [4.69, 9.17) is 4.74 Å². The number of carbonyl (C=O) groups is 1. The van der Waals surface area contributed by atoms with Gasteiger partial charge < -0.3 is 20.3 Å². The fourth-order valence-electron chi connectivity index (χ4n) is 3.18. The Morgan fingerprint density at radius 1 is 1.44 bits per heavy atom. The number of carbonyl (C=O) groups excluding carboxylic acids is 1. The van der Waals surface area contributed by atoms with Gasteiger partial charge in [0.05, 0.1) is 6.04 Å². The molecule has 2 aliphatic rings. The average molecular weight is 464 g/mol. The van der Waals surface area contributed by atoms with Crippen molar-refractivity contribution < 1.29 is 9.53 Å². The lowest BCUT2D eigenvalue weighted by atomic mass is 10.2. The largest absolute Gasteiger partial charge is 0.444 e. The molecule has 1 fully saturated rings. The highest BCUT2D eigenvalue weighted by molar-refractivity contribution is 14.0. The van der Waals surface area contributed by atoms with Crippen molar-refractivity contribution in [1.82, 2.24) is 15.5 Å². The monoisotopic (exact) mass is 464 g/mol. The zero-order valence-electron chi connectivity index (χ0n) is 15.9. The first kappa shape index (κ1) is 22.1. The molecule has 2 N–H and O–H groups in total. The number of hydrogen-bond acceptors (Lipinski definition) is 3. The van der Waals surface area contributed by atoms with E-state index >= 15 is 0 Å². The quantitative estimate of drug-likeness (QED) is 0.290. The molecular weight excluding hydrogens is 431 g/mol. The van der Waals surface area contributed by atoms with Crippen molar-refractivity contribution >= 4 is 36.0 Å². The highest BCUT2D eigenvalue weighted by Gasteiger charge is 2.27. The molecule has 1 atom stereocenters. The Balaban J connectivity index is 0.00000312. The van der Waals surface area contributed by atoms with Crippen molar-refractivity contribution in [3.8, 4) is 0 Å². The van der Waals surface area contributed by atoms with Gasteiger partial charge in [0.15, 0.2) is 5.96 Å². The minimum Gasteiger partial charge on any atom is -0.444 e. The summed E-state index contributed by atoms with van der Waals surface area (Å²) in [6, 6.07) is 0.107. The van der Waals surface area contributed by atoms with E-state index in [0.717, 1.165) is 38.4 Å². The minimum atomic E-state index is -0.463. The third kappa shape index (κ3) is 7.83. The van der Waals surface area contributed by atoms with Gasteiger partial charge >= 0.3 is 6.09 Å². The fourth-order valence-corrected chi connectivity index (χ4v) is 3.18. The highest BCUT2D eigenvalue weighted by Crippen LogP contribution is 2.20. The number of likely N-dealkylation sites (tertiary alicyclic amines) is 1. The molecule has 1 aliphatic heterocycles. The van der Waals surface area contributed by atoms with Crippen LogP contribution in [0.4, 0.5) is 4.79 Å². The number of nitrogens with zero attached hydrogens (tertiary/aromatic N) is 2. The minimum absolute atomic E-state index is 0. The lowest BCUT2D eigenvalue weighted by Gasteiger charge is -2.23. The fraction of sp³-hybridized carbons (Fsp3) is 0.778. The Labute approximate surface area is 168 Å². The molecule has 0 radical (unpaired) electrons. The van der Waals surface area contributed by atoms with Crippen molar-refractivity contribution in [2.75, 3.05) is 26.7 Å². The van der Waals surface area contributed by atoms with Crippen molar-refractivity contribution in [3.63, 3.8) is 0 Å². The summed E-state index contributed by atoms with van der Waals surface area (Å²) in [6.07, 6.45) is 7.79. The second-order valence-corrected chi connectivity index (χ2v) is 7.56. The predicted molar refractivity (Wildman–Crippen MR) is 113 cm³/mol. The van der Waals surface area contributed by atoms with Crippen LogP contribution in [0.15, 0.2) is 16.6 Å². The van der Waals surface area contributed by atoms with Crippen LogP contribution < -0.4 is 10.6 Å². The van der Waals surface area contributed by atoms with E-state index < -0.39 is 5.60 Å². The first-order chi connectivity index (χ1) is 11.4. The van der Waals surface area contributed by atoms with Crippen LogP contribution in [0, 0.1) is 0 Å². The maximum atomic E-state index is 11.9. The van der Waals surface area contributed by atoms with Crippen LogP contribution in [0.25, 0.3) is 0 Å². The number of hydrogen-bond donors (Lipinski definition) is 2. The molecule has 1 saturated heterocycles. The number of ether oxygens (including phenoxy) is 1. The number of allylic oxidation sites excluding steroid dienone is 1. The molecule has 7 heteroatoms. The van der Waals surface area contributed by atoms with Crippen LogP contribution in [-0.4, -0.2) is 55.3 Å². The first-order valence-corrected chi connectivity index (χ1v) is 9.00. The van der Waals surface area contributed by atoms with Gasteiger partial charge in [0.1, 0.15) is 5.60 Å². The second kappa shape index (κ2) is 10.2. The van der Waals surface area contributed by atoms with Gasteiger partial charge in [0, 0.05) is 26.7 Å².